The summed E-state index contributed by atoms with van der Waals surface area (Å²) < 4.78 is 50.6. The summed E-state index contributed by atoms with van der Waals surface area (Å²) in [5.74, 6) is 0. The van der Waals surface area contributed by atoms with E-state index < -0.39 is 65.9 Å². The van der Waals surface area contributed by atoms with E-state index in [0.717, 1.165) is 12.3 Å². The van der Waals surface area contributed by atoms with Gasteiger partial charge in [0.1, 0.15) is 18.3 Å². The van der Waals surface area contributed by atoms with Crippen molar-refractivity contribution in [3.8, 4) is 0 Å². The summed E-state index contributed by atoms with van der Waals surface area (Å²) in [6.45, 7) is -1.05. The van der Waals surface area contributed by atoms with Crippen molar-refractivity contribution in [1.29, 1.82) is 0 Å². The molecule has 2 unspecified atom stereocenters. The van der Waals surface area contributed by atoms with Crippen LogP contribution in [0.25, 0.3) is 0 Å². The Morgan fingerprint density at radius 1 is 0.941 bits per heavy atom. The standard InChI is InChI=1S/C9H15N2O15P3.3Na.2H2O.3H/c12-5-1-2-11(9(15)10-5)8-7(14)6(13)4(24-8)3-23-28(19,20)26-29(21,22)25-27(16,17)18;;;;;;;;/h1-2,4,6-8,13-14H,3H2,(H,19,20)(H,21,22)(H,10,12,15)(H2,16,17,18);;;;2*1H2;;;/t4-,6-,7-,8-;;;;;;;;/m1......../s1. The number of nitrogens with zero attached hydrogens (tertiary/aromatic N) is 1. The molecule has 0 aliphatic carbocycles. The van der Waals surface area contributed by atoms with E-state index in [-0.39, 0.29) is 99.6 Å². The predicted molar refractivity (Wildman–Crippen MR) is 116 cm³/mol. The maximum absolute atomic E-state index is 11.7. The van der Waals surface area contributed by atoms with Gasteiger partial charge in [0.25, 0.3) is 5.56 Å². The Morgan fingerprint density at radius 2 is 1.47 bits per heavy atom. The first-order valence-corrected chi connectivity index (χ1v) is 11.7. The molecule has 1 fully saturated rings. The van der Waals surface area contributed by atoms with Gasteiger partial charge in [0, 0.05) is 12.3 Å². The first kappa shape index (κ1) is 43.0. The van der Waals surface area contributed by atoms with Crippen molar-refractivity contribution in [3.05, 3.63) is 33.1 Å². The Morgan fingerprint density at radius 3 is 1.94 bits per heavy atom. The van der Waals surface area contributed by atoms with E-state index in [4.69, 9.17) is 19.4 Å². The molecule has 188 valence electrons. The number of aromatic amines is 1. The molecule has 6 atom stereocenters. The van der Waals surface area contributed by atoms with Crippen molar-refractivity contribution in [2.24, 2.45) is 0 Å². The molecule has 25 heteroatoms. The van der Waals surface area contributed by atoms with Crippen LogP contribution in [0.5, 0.6) is 0 Å². The Balaban J connectivity index is -0.000000900. The van der Waals surface area contributed by atoms with Crippen LogP contribution in [-0.4, -0.2) is 164 Å². The fourth-order valence-electron chi connectivity index (χ4n) is 2.20. The average Bonchev–Trinajstić information content (AvgIpc) is 2.78. The number of aromatic nitrogens is 2. The maximum atomic E-state index is 11.7. The fourth-order valence-corrected chi connectivity index (χ4v) is 5.23. The number of phosphoric acid groups is 3. The summed E-state index contributed by atoms with van der Waals surface area (Å²) in [4.78, 5) is 59.9. The molecule has 2 heterocycles. The molecular formula is C9H22N2Na3O17P3. The van der Waals surface area contributed by atoms with Gasteiger partial charge in [-0.15, -0.1) is 0 Å². The van der Waals surface area contributed by atoms with Crippen molar-refractivity contribution in [2.75, 3.05) is 6.61 Å². The van der Waals surface area contributed by atoms with E-state index in [0.29, 0.717) is 4.57 Å². The minimum absolute atomic E-state index is 0. The predicted octanol–water partition coefficient (Wildman–Crippen LogP) is -6.10. The van der Waals surface area contributed by atoms with Crippen LogP contribution in [0.4, 0.5) is 0 Å². The molecule has 1 aliphatic rings. The van der Waals surface area contributed by atoms with Crippen molar-refractivity contribution < 1.29 is 72.3 Å². The summed E-state index contributed by atoms with van der Waals surface area (Å²) in [6.07, 6.45) is -5.70. The van der Waals surface area contributed by atoms with Crippen LogP contribution in [0, 0.1) is 0 Å². The van der Waals surface area contributed by atoms with Crippen molar-refractivity contribution in [2.45, 2.75) is 24.5 Å². The second-order valence-electron chi connectivity index (χ2n) is 5.45. The number of ether oxygens (including phenoxy) is 1. The normalized spacial score (nSPS) is 25.0. The van der Waals surface area contributed by atoms with Gasteiger partial charge in [0.05, 0.1) is 6.61 Å². The van der Waals surface area contributed by atoms with Crippen molar-refractivity contribution in [3.63, 3.8) is 0 Å². The number of hydrogen-bond donors (Lipinski definition) is 7. The van der Waals surface area contributed by atoms with E-state index in [1.54, 1.807) is 0 Å². The van der Waals surface area contributed by atoms with Gasteiger partial charge in [-0.1, -0.05) is 0 Å². The quantitative estimate of drug-likeness (QED) is 0.109. The Bertz CT molecular complexity index is 1010. The third-order valence-electron chi connectivity index (χ3n) is 3.28. The van der Waals surface area contributed by atoms with Crippen LogP contribution < -0.4 is 11.2 Å². The molecule has 1 aromatic heterocycles. The van der Waals surface area contributed by atoms with Crippen LogP contribution in [0.15, 0.2) is 21.9 Å². The van der Waals surface area contributed by atoms with Gasteiger partial charge in [-0.05, 0) is 0 Å². The Kier molecular flexibility index (Phi) is 21.2. The molecule has 0 spiro atoms. The first-order chi connectivity index (χ1) is 13.1. The Hall–Kier alpha value is 1.89. The van der Waals surface area contributed by atoms with Gasteiger partial charge >= 0.3 is 118 Å². The molecule has 2 rings (SSSR count). The molecule has 1 aliphatic heterocycles. The van der Waals surface area contributed by atoms with Gasteiger partial charge in [0.2, 0.25) is 0 Å². The zero-order valence-corrected chi connectivity index (χ0v) is 17.5. The van der Waals surface area contributed by atoms with Gasteiger partial charge in [-0.25, -0.2) is 18.5 Å². The number of aliphatic hydroxyl groups is 2. The van der Waals surface area contributed by atoms with Gasteiger partial charge in [-0.3, -0.25) is 18.9 Å². The Labute approximate surface area is 255 Å². The SMILES string of the molecule is O.O.O=c1ccn([C@@H]2O[C@H](COP(=O)(O)OP(=O)(O)OP(=O)(O)O)[C@@H](O)[C@H]2O)c(=O)[nH]1.[NaH].[NaH].[NaH]. The van der Waals surface area contributed by atoms with Crippen LogP contribution in [0.3, 0.4) is 0 Å². The molecular weight excluding hydrogens is 570 g/mol. The number of nitrogens with one attached hydrogen (secondary N) is 1. The van der Waals surface area contributed by atoms with Crippen LogP contribution in [0.1, 0.15) is 6.23 Å². The molecule has 34 heavy (non-hydrogen) atoms. The van der Waals surface area contributed by atoms with Crippen LogP contribution >= 0.6 is 23.5 Å². The number of H-pyrrole nitrogens is 1. The minimum atomic E-state index is -5.73. The van der Waals surface area contributed by atoms with E-state index in [9.17, 15) is 38.4 Å². The van der Waals surface area contributed by atoms with E-state index in [1.807, 2.05) is 4.98 Å². The van der Waals surface area contributed by atoms with E-state index in [2.05, 4.69) is 13.1 Å². The zero-order valence-electron chi connectivity index (χ0n) is 14.8. The summed E-state index contributed by atoms with van der Waals surface area (Å²) in [6, 6.07) is 0.920. The number of rotatable bonds is 8. The van der Waals surface area contributed by atoms with E-state index >= 15 is 0 Å². The summed E-state index contributed by atoms with van der Waals surface area (Å²) in [5.41, 5.74) is -1.74. The third-order valence-corrected chi connectivity index (χ3v) is 7.08. The molecule has 19 nitrogen and oxygen atoms in total. The van der Waals surface area contributed by atoms with Gasteiger partial charge < -0.3 is 45.5 Å². The molecule has 11 N–H and O–H groups in total. The molecule has 0 saturated carbocycles. The number of hydrogen-bond acceptors (Lipinski definition) is 11. The van der Waals surface area contributed by atoms with Gasteiger partial charge in [0.15, 0.2) is 6.23 Å². The van der Waals surface area contributed by atoms with Crippen molar-refractivity contribution >= 4 is 112 Å². The van der Waals surface area contributed by atoms with Crippen LogP contribution in [0.2, 0.25) is 0 Å². The topological polar surface area (TPSA) is 327 Å². The summed E-state index contributed by atoms with van der Waals surface area (Å²) in [5, 5.41) is 19.9. The number of phosphoric ester groups is 1. The number of aliphatic hydroxyl groups excluding tert-OH is 2. The fraction of sp³-hybridized carbons (Fsp3) is 0.556. The first-order valence-electron chi connectivity index (χ1n) is 7.22. The third kappa shape index (κ3) is 13.1. The molecule has 1 saturated heterocycles. The molecule has 0 amide bonds. The summed E-state index contributed by atoms with van der Waals surface area (Å²) in [7, 11) is -16.8. The van der Waals surface area contributed by atoms with Crippen LogP contribution in [-0.2, 0) is 31.6 Å². The molecule has 0 bridgehead atoms. The molecule has 1 aromatic rings. The molecule has 0 radical (unpaired) electrons. The second kappa shape index (κ2) is 16.8. The van der Waals surface area contributed by atoms with Gasteiger partial charge in [-0.2, -0.15) is 8.62 Å². The molecule has 0 aromatic carbocycles. The second-order valence-corrected chi connectivity index (χ2v) is 9.87. The average molecular weight is 592 g/mol. The zero-order chi connectivity index (χ0) is 22.2. The monoisotopic (exact) mass is 592 g/mol. The van der Waals surface area contributed by atoms with E-state index in [1.165, 1.54) is 0 Å². The summed E-state index contributed by atoms with van der Waals surface area (Å²) >= 11 is 0. The van der Waals surface area contributed by atoms with Crippen molar-refractivity contribution in [1.82, 2.24) is 9.55 Å².